The van der Waals surface area contributed by atoms with Crippen LogP contribution in [0.15, 0.2) is 48.7 Å². The molecule has 254 valence electrons. The molecule has 1 atom stereocenters. The number of ether oxygens (including phenoxy) is 1. The maximum atomic E-state index is 14.3. The van der Waals surface area contributed by atoms with Gasteiger partial charge in [-0.3, -0.25) is 9.69 Å². The lowest BCUT2D eigenvalue weighted by atomic mass is 9.90. The fourth-order valence-electron chi connectivity index (χ4n) is 8.17. The molecule has 4 aliphatic rings. The lowest BCUT2D eigenvalue weighted by Gasteiger charge is -2.40. The summed E-state index contributed by atoms with van der Waals surface area (Å²) in [6.45, 7) is 15.9. The molecule has 4 heterocycles. The number of aromatic hydroxyl groups is 1. The van der Waals surface area contributed by atoms with Crippen molar-refractivity contribution < 1.29 is 19.4 Å². The van der Waals surface area contributed by atoms with Crippen LogP contribution in [0.1, 0.15) is 60.8 Å². The zero-order chi connectivity index (χ0) is 32.9. The highest BCUT2D eigenvalue weighted by Gasteiger charge is 2.33. The number of piperidine rings is 1. The number of fused-ring (bicyclic) bond motifs is 1. The van der Waals surface area contributed by atoms with Crippen LogP contribution in [-0.4, -0.2) is 108 Å². The van der Waals surface area contributed by atoms with Gasteiger partial charge in [0.25, 0.3) is 0 Å². The summed E-state index contributed by atoms with van der Waals surface area (Å²) >= 11 is 0. The van der Waals surface area contributed by atoms with Gasteiger partial charge < -0.3 is 29.9 Å². The van der Waals surface area contributed by atoms with Gasteiger partial charge >= 0.3 is 6.03 Å². The topological polar surface area (TPSA) is 88.6 Å². The maximum Gasteiger partial charge on any atom is 0.322 e. The van der Waals surface area contributed by atoms with E-state index >= 15 is 0 Å². The number of hydrogen-bond acceptors (Lipinski definition) is 6. The quantitative estimate of drug-likeness (QED) is 0.404. The molecule has 3 saturated heterocycles. The number of nitrogens with zero attached hydrogens (tertiary/aromatic N) is 4. The molecule has 9 nitrogen and oxygen atoms in total. The molecule has 0 saturated carbocycles. The first-order valence-corrected chi connectivity index (χ1v) is 17.7. The van der Waals surface area contributed by atoms with Crippen LogP contribution in [0.5, 0.6) is 5.75 Å². The second-order valence-corrected chi connectivity index (χ2v) is 14.1. The minimum absolute atomic E-state index is 0.00907. The van der Waals surface area contributed by atoms with E-state index in [9.17, 15) is 14.7 Å². The Labute approximate surface area is 280 Å². The van der Waals surface area contributed by atoms with Gasteiger partial charge in [0.15, 0.2) is 0 Å². The highest BCUT2D eigenvalue weighted by Crippen LogP contribution is 2.30. The number of benzene rings is 2. The van der Waals surface area contributed by atoms with Crippen molar-refractivity contribution in [2.45, 2.75) is 77.3 Å². The van der Waals surface area contributed by atoms with E-state index in [0.717, 1.165) is 126 Å². The first kappa shape index (κ1) is 33.3. The molecule has 0 unspecified atom stereocenters. The largest absolute Gasteiger partial charge is 0.507 e. The van der Waals surface area contributed by atoms with Crippen LogP contribution in [0.3, 0.4) is 0 Å². The first-order chi connectivity index (χ1) is 22.8. The predicted molar refractivity (Wildman–Crippen MR) is 186 cm³/mol. The Balaban J connectivity index is 1.10. The molecule has 47 heavy (non-hydrogen) atoms. The third-order valence-corrected chi connectivity index (χ3v) is 10.9. The Morgan fingerprint density at radius 2 is 1.66 bits per heavy atom. The van der Waals surface area contributed by atoms with Crippen molar-refractivity contribution in [3.8, 4) is 5.75 Å². The van der Waals surface area contributed by atoms with Crippen molar-refractivity contribution >= 4 is 17.6 Å². The highest BCUT2D eigenvalue weighted by atomic mass is 16.5. The molecule has 0 aliphatic carbocycles. The van der Waals surface area contributed by atoms with Crippen LogP contribution >= 0.6 is 0 Å². The Morgan fingerprint density at radius 3 is 2.40 bits per heavy atom. The summed E-state index contributed by atoms with van der Waals surface area (Å²) in [5.74, 6) is 0.304. The van der Waals surface area contributed by atoms with Gasteiger partial charge in [0.05, 0.1) is 0 Å². The minimum Gasteiger partial charge on any atom is -0.507 e. The molecular formula is C38H53N5O4. The van der Waals surface area contributed by atoms with Crippen molar-refractivity contribution in [3.05, 3.63) is 70.9 Å². The number of allylic oxidation sites excluding steroid dienone is 1. The zero-order valence-corrected chi connectivity index (χ0v) is 28.4. The number of anilines is 1. The van der Waals surface area contributed by atoms with Crippen molar-refractivity contribution in [2.24, 2.45) is 5.92 Å². The van der Waals surface area contributed by atoms with Crippen molar-refractivity contribution in [2.75, 3.05) is 64.3 Å². The van der Waals surface area contributed by atoms with Gasteiger partial charge in [-0.1, -0.05) is 36.9 Å². The monoisotopic (exact) mass is 643 g/mol. The second kappa shape index (κ2) is 15.1. The lowest BCUT2D eigenvalue weighted by molar-refractivity contribution is -0.135. The summed E-state index contributed by atoms with van der Waals surface area (Å²) in [7, 11) is 0. The maximum absolute atomic E-state index is 14.3. The lowest BCUT2D eigenvalue weighted by Crippen LogP contribution is -2.48. The second-order valence-electron chi connectivity index (χ2n) is 14.1. The van der Waals surface area contributed by atoms with E-state index in [0.29, 0.717) is 24.6 Å². The van der Waals surface area contributed by atoms with Crippen LogP contribution in [0.25, 0.3) is 0 Å². The molecule has 9 heteroatoms. The first-order valence-electron chi connectivity index (χ1n) is 17.7. The van der Waals surface area contributed by atoms with Gasteiger partial charge in [-0.2, -0.15) is 0 Å². The van der Waals surface area contributed by atoms with E-state index in [4.69, 9.17) is 4.74 Å². The number of nitrogens with one attached hydrogen (secondary N) is 1. The van der Waals surface area contributed by atoms with Gasteiger partial charge in [-0.25, -0.2) is 4.79 Å². The number of amides is 3. The van der Waals surface area contributed by atoms with Crippen LogP contribution in [0.2, 0.25) is 0 Å². The Hall–Kier alpha value is -3.56. The fourth-order valence-corrected chi connectivity index (χ4v) is 8.17. The van der Waals surface area contributed by atoms with Gasteiger partial charge in [0.1, 0.15) is 5.75 Å². The molecule has 2 aromatic carbocycles. The normalized spacial score (nSPS) is 21.1. The zero-order valence-electron chi connectivity index (χ0n) is 28.4. The van der Waals surface area contributed by atoms with E-state index in [1.165, 1.54) is 5.56 Å². The number of urea groups is 1. The number of rotatable bonds is 8. The van der Waals surface area contributed by atoms with Crippen molar-refractivity contribution in [3.63, 3.8) is 0 Å². The molecule has 6 rings (SSSR count). The Bertz CT molecular complexity index is 1410. The van der Waals surface area contributed by atoms with Gasteiger partial charge in [0.2, 0.25) is 5.91 Å². The highest BCUT2D eigenvalue weighted by molar-refractivity contribution is 5.91. The van der Waals surface area contributed by atoms with Gasteiger partial charge in [-0.15, -0.1) is 0 Å². The fraction of sp³-hybridized carbons (Fsp3) is 0.579. The third kappa shape index (κ3) is 7.95. The molecule has 2 N–H and O–H groups in total. The van der Waals surface area contributed by atoms with Crippen LogP contribution in [0, 0.1) is 19.8 Å². The summed E-state index contributed by atoms with van der Waals surface area (Å²) in [6, 6.07) is 12.9. The van der Waals surface area contributed by atoms with Crippen molar-refractivity contribution in [1.29, 1.82) is 0 Å². The molecule has 0 spiro atoms. The van der Waals surface area contributed by atoms with E-state index in [2.05, 4.69) is 32.7 Å². The predicted octanol–water partition coefficient (Wildman–Crippen LogP) is 5.34. The molecule has 0 aromatic heterocycles. The number of likely N-dealkylation sites (tertiary alicyclic amines) is 1. The Kier molecular flexibility index (Phi) is 10.7. The number of phenolic OH excluding ortho intramolecular Hbond substituents is 1. The average Bonchev–Trinajstić information content (AvgIpc) is 3.43. The Morgan fingerprint density at radius 1 is 0.936 bits per heavy atom. The van der Waals surface area contributed by atoms with E-state index < -0.39 is 0 Å². The average molecular weight is 644 g/mol. The number of aryl methyl sites for hydroxylation is 2. The van der Waals surface area contributed by atoms with E-state index in [1.807, 2.05) is 49.1 Å². The number of para-hydroxylation sites is 1. The molecule has 4 aliphatic heterocycles. The number of carbonyl (C=O) groups excluding carboxylic acids is 2. The number of carbonyl (C=O) groups is 2. The summed E-state index contributed by atoms with van der Waals surface area (Å²) in [5.41, 5.74) is 5.87. The number of phenols is 1. The smallest absolute Gasteiger partial charge is 0.322 e. The van der Waals surface area contributed by atoms with Crippen LogP contribution in [0.4, 0.5) is 10.5 Å². The van der Waals surface area contributed by atoms with Gasteiger partial charge in [-0.05, 0) is 93.5 Å². The van der Waals surface area contributed by atoms with E-state index in [1.54, 1.807) is 0 Å². The van der Waals surface area contributed by atoms with E-state index in [-0.39, 0.29) is 23.9 Å². The summed E-state index contributed by atoms with van der Waals surface area (Å²) in [6.07, 6.45) is 6.96. The molecule has 3 amide bonds. The van der Waals surface area contributed by atoms with Crippen molar-refractivity contribution in [1.82, 2.24) is 19.6 Å². The van der Waals surface area contributed by atoms with Crippen LogP contribution < -0.4 is 5.32 Å². The minimum atomic E-state index is -0.229. The van der Waals surface area contributed by atoms with Crippen LogP contribution in [-0.2, 0) is 22.4 Å². The summed E-state index contributed by atoms with van der Waals surface area (Å²) < 4.78 is 5.60. The standard InChI is InChI=1S/C38H53N5O4/c1-27-23-30(24-28(2)36(27)44)26-32(37(45)42-15-6-14-41(19-20-42)33-12-21-47-22-13-33)25-29(3)40-16-10-34(11-17-40)43-18-9-31-7-4-5-8-35(31)39-38(43)46/h4-5,7-8,23-24,32-34,44H,3,6,9-22,25-26H2,1-2H3,(H,39,46)/t32-/m1/s1. The molecule has 3 fully saturated rings. The molecule has 0 radical (unpaired) electrons. The SMILES string of the molecule is C=C(C[C@H](Cc1cc(C)c(O)c(C)c1)C(=O)N1CCCN(C2CCOCC2)CC1)N1CCC(N2CCc3ccccc3NC2=O)CC1. The molecule has 0 bridgehead atoms. The molecule has 2 aromatic rings. The van der Waals surface area contributed by atoms with Gasteiger partial charge in [0, 0.05) is 88.4 Å². The third-order valence-electron chi connectivity index (χ3n) is 10.9. The molecular weight excluding hydrogens is 590 g/mol. The summed E-state index contributed by atoms with van der Waals surface area (Å²) in [5, 5.41) is 13.5. The number of hydrogen-bond donors (Lipinski definition) is 2. The summed E-state index contributed by atoms with van der Waals surface area (Å²) in [4.78, 5) is 36.5.